The van der Waals surface area contributed by atoms with Gasteiger partial charge in [0.2, 0.25) is 5.91 Å². The highest BCUT2D eigenvalue weighted by Gasteiger charge is 2.23. The number of hydrogen-bond donors (Lipinski definition) is 2. The van der Waals surface area contributed by atoms with Gasteiger partial charge in [-0.1, -0.05) is 18.2 Å². The van der Waals surface area contributed by atoms with E-state index < -0.39 is 0 Å². The number of pyridine rings is 1. The lowest BCUT2D eigenvalue weighted by atomic mass is 10.1. The number of carbonyl (C=O) groups is 2. The Morgan fingerprint density at radius 2 is 1.81 bits per heavy atom. The van der Waals surface area contributed by atoms with E-state index in [1.807, 2.05) is 43.3 Å². The molecule has 1 aliphatic rings. The summed E-state index contributed by atoms with van der Waals surface area (Å²) in [6.45, 7) is 2.53. The molecule has 0 radical (unpaired) electrons. The lowest BCUT2D eigenvalue weighted by Crippen LogP contribution is -2.30. The SMILES string of the molecule is Cc1ccc(CC(=O)NCCc2ccc(OCC(=O)NC3CC3)cc2)cn1. The third-order valence-corrected chi connectivity index (χ3v) is 4.31. The molecule has 0 unspecified atom stereocenters. The van der Waals surface area contributed by atoms with Crippen molar-refractivity contribution in [3.63, 3.8) is 0 Å². The number of amides is 2. The van der Waals surface area contributed by atoms with Crippen LogP contribution in [-0.4, -0.2) is 36.0 Å². The predicted octanol–water partition coefficient (Wildman–Crippen LogP) is 1.95. The number of nitrogens with zero attached hydrogens (tertiary/aromatic N) is 1. The molecule has 3 rings (SSSR count). The summed E-state index contributed by atoms with van der Waals surface area (Å²) >= 11 is 0. The van der Waals surface area contributed by atoms with Gasteiger partial charge in [-0.25, -0.2) is 0 Å². The van der Waals surface area contributed by atoms with Gasteiger partial charge in [0.15, 0.2) is 6.61 Å². The number of aromatic nitrogens is 1. The Morgan fingerprint density at radius 3 is 2.48 bits per heavy atom. The Morgan fingerprint density at radius 1 is 1.07 bits per heavy atom. The minimum atomic E-state index is -0.0759. The Bertz CT molecular complexity index is 768. The fourth-order valence-corrected chi connectivity index (χ4v) is 2.60. The molecular formula is C21H25N3O3. The van der Waals surface area contributed by atoms with E-state index in [1.54, 1.807) is 6.20 Å². The summed E-state index contributed by atoms with van der Waals surface area (Å²) in [6.07, 6.45) is 4.94. The second-order valence-electron chi connectivity index (χ2n) is 6.86. The van der Waals surface area contributed by atoms with Crippen LogP contribution in [0.1, 0.15) is 29.7 Å². The molecule has 2 amide bonds. The highest BCUT2D eigenvalue weighted by atomic mass is 16.5. The summed E-state index contributed by atoms with van der Waals surface area (Å²) in [6, 6.07) is 11.8. The first-order valence-electron chi connectivity index (χ1n) is 9.28. The minimum absolute atomic E-state index is 0.0118. The van der Waals surface area contributed by atoms with Crippen LogP contribution in [0.15, 0.2) is 42.6 Å². The van der Waals surface area contributed by atoms with Gasteiger partial charge >= 0.3 is 0 Å². The second kappa shape index (κ2) is 9.16. The number of rotatable bonds is 9. The number of hydrogen-bond acceptors (Lipinski definition) is 4. The summed E-state index contributed by atoms with van der Waals surface area (Å²) < 4.78 is 5.48. The van der Waals surface area contributed by atoms with Gasteiger partial charge in [-0.05, 0) is 55.5 Å². The van der Waals surface area contributed by atoms with Crippen LogP contribution < -0.4 is 15.4 Å². The quantitative estimate of drug-likeness (QED) is 0.710. The first-order chi connectivity index (χ1) is 13.1. The molecule has 6 heteroatoms. The van der Waals surface area contributed by atoms with E-state index in [4.69, 9.17) is 4.74 Å². The van der Waals surface area contributed by atoms with Crippen molar-refractivity contribution in [1.29, 1.82) is 0 Å². The van der Waals surface area contributed by atoms with Crippen LogP contribution in [0.5, 0.6) is 5.75 Å². The number of ether oxygens (including phenoxy) is 1. The van der Waals surface area contributed by atoms with E-state index in [2.05, 4.69) is 15.6 Å². The molecule has 1 saturated carbocycles. The van der Waals surface area contributed by atoms with Gasteiger partial charge in [-0.15, -0.1) is 0 Å². The molecule has 0 bridgehead atoms. The molecule has 142 valence electrons. The third kappa shape index (κ3) is 6.73. The summed E-state index contributed by atoms with van der Waals surface area (Å²) in [5, 5.41) is 5.81. The maximum atomic E-state index is 12.0. The van der Waals surface area contributed by atoms with E-state index in [1.165, 1.54) is 0 Å². The first kappa shape index (κ1) is 18.9. The van der Waals surface area contributed by atoms with Gasteiger partial charge in [0.1, 0.15) is 5.75 Å². The van der Waals surface area contributed by atoms with E-state index in [-0.39, 0.29) is 18.4 Å². The van der Waals surface area contributed by atoms with Gasteiger partial charge in [-0.2, -0.15) is 0 Å². The smallest absolute Gasteiger partial charge is 0.258 e. The zero-order chi connectivity index (χ0) is 19.1. The molecule has 27 heavy (non-hydrogen) atoms. The monoisotopic (exact) mass is 367 g/mol. The minimum Gasteiger partial charge on any atom is -0.484 e. The standard InChI is InChI=1S/C21H25N3O3/c1-15-2-3-17(13-23-15)12-20(25)22-11-10-16-4-8-19(9-5-16)27-14-21(26)24-18-6-7-18/h2-5,8-9,13,18H,6-7,10-12,14H2,1H3,(H,22,25)(H,24,26). The van der Waals surface area contributed by atoms with Crippen molar-refractivity contribution < 1.29 is 14.3 Å². The van der Waals surface area contributed by atoms with Crippen LogP contribution in [0.3, 0.4) is 0 Å². The topological polar surface area (TPSA) is 80.3 Å². The van der Waals surface area contributed by atoms with Crippen LogP contribution in [0.4, 0.5) is 0 Å². The maximum absolute atomic E-state index is 12.0. The van der Waals surface area contributed by atoms with Gasteiger partial charge < -0.3 is 15.4 Å². The lowest BCUT2D eigenvalue weighted by molar-refractivity contribution is -0.123. The Hall–Kier alpha value is -2.89. The van der Waals surface area contributed by atoms with E-state index >= 15 is 0 Å². The molecule has 1 heterocycles. The highest BCUT2D eigenvalue weighted by Crippen LogP contribution is 2.18. The van der Waals surface area contributed by atoms with Crippen LogP contribution in [-0.2, 0) is 22.4 Å². The van der Waals surface area contributed by atoms with Crippen molar-refractivity contribution in [1.82, 2.24) is 15.6 Å². The molecule has 2 N–H and O–H groups in total. The third-order valence-electron chi connectivity index (χ3n) is 4.31. The number of nitrogens with one attached hydrogen (secondary N) is 2. The van der Waals surface area contributed by atoms with Gasteiger partial charge in [0, 0.05) is 24.5 Å². The number of carbonyl (C=O) groups excluding carboxylic acids is 2. The Labute approximate surface area is 159 Å². The fourth-order valence-electron chi connectivity index (χ4n) is 2.60. The van der Waals surface area contributed by atoms with Crippen molar-refractivity contribution in [2.24, 2.45) is 0 Å². The van der Waals surface area contributed by atoms with E-state index in [0.717, 1.165) is 36.1 Å². The van der Waals surface area contributed by atoms with Gasteiger partial charge in [0.25, 0.3) is 5.91 Å². The average molecular weight is 367 g/mol. The summed E-state index contributed by atoms with van der Waals surface area (Å²) in [7, 11) is 0. The van der Waals surface area contributed by atoms with Crippen molar-refractivity contribution in [2.45, 2.75) is 38.6 Å². The van der Waals surface area contributed by atoms with Crippen LogP contribution in [0.25, 0.3) is 0 Å². The Kier molecular flexibility index (Phi) is 6.41. The maximum Gasteiger partial charge on any atom is 0.258 e. The largest absolute Gasteiger partial charge is 0.484 e. The zero-order valence-electron chi connectivity index (χ0n) is 15.5. The molecule has 1 fully saturated rings. The zero-order valence-corrected chi connectivity index (χ0v) is 15.5. The van der Waals surface area contributed by atoms with Crippen LogP contribution in [0, 0.1) is 6.92 Å². The van der Waals surface area contributed by atoms with E-state index in [0.29, 0.717) is 24.8 Å². The van der Waals surface area contributed by atoms with Crippen molar-refractivity contribution in [2.75, 3.05) is 13.2 Å². The second-order valence-corrected chi connectivity index (χ2v) is 6.86. The van der Waals surface area contributed by atoms with Crippen molar-refractivity contribution >= 4 is 11.8 Å². The normalized spacial score (nSPS) is 13.1. The van der Waals surface area contributed by atoms with Gasteiger partial charge in [0.05, 0.1) is 6.42 Å². The van der Waals surface area contributed by atoms with E-state index in [9.17, 15) is 9.59 Å². The number of benzene rings is 1. The van der Waals surface area contributed by atoms with Gasteiger partial charge in [-0.3, -0.25) is 14.6 Å². The predicted molar refractivity (Wildman–Crippen MR) is 102 cm³/mol. The molecule has 0 atom stereocenters. The summed E-state index contributed by atoms with van der Waals surface area (Å²) in [4.78, 5) is 27.8. The summed E-state index contributed by atoms with van der Waals surface area (Å²) in [5.41, 5.74) is 2.95. The fraction of sp³-hybridized carbons (Fsp3) is 0.381. The highest BCUT2D eigenvalue weighted by molar-refractivity contribution is 5.78. The molecule has 1 aliphatic carbocycles. The molecule has 1 aromatic heterocycles. The molecule has 2 aromatic rings. The van der Waals surface area contributed by atoms with Crippen molar-refractivity contribution in [3.05, 3.63) is 59.4 Å². The molecular weight excluding hydrogens is 342 g/mol. The Balaban J connectivity index is 1.34. The molecule has 0 aliphatic heterocycles. The van der Waals surface area contributed by atoms with Crippen LogP contribution >= 0.6 is 0 Å². The molecule has 1 aromatic carbocycles. The lowest BCUT2D eigenvalue weighted by Gasteiger charge is -2.08. The molecule has 0 spiro atoms. The summed E-state index contributed by atoms with van der Waals surface area (Å²) in [5.74, 6) is 0.580. The first-order valence-corrected chi connectivity index (χ1v) is 9.28. The number of aryl methyl sites for hydroxylation is 1. The van der Waals surface area contributed by atoms with Crippen molar-refractivity contribution in [3.8, 4) is 5.75 Å². The molecule has 6 nitrogen and oxygen atoms in total. The molecule has 0 saturated heterocycles. The van der Waals surface area contributed by atoms with Crippen LogP contribution in [0.2, 0.25) is 0 Å². The average Bonchev–Trinajstić information content (AvgIpc) is 3.47.